The van der Waals surface area contributed by atoms with E-state index in [-0.39, 0.29) is 11.2 Å². The van der Waals surface area contributed by atoms with Crippen LogP contribution in [0.1, 0.15) is 62.9 Å². The number of carbonyl (C=O) groups is 1. The van der Waals surface area contributed by atoms with E-state index < -0.39 is 22.9 Å². The number of fused-ring (bicyclic) bond motifs is 4. The Bertz CT molecular complexity index is 1610. The second-order valence-electron chi connectivity index (χ2n) is 12.7. The molecule has 0 amide bonds. The molecule has 1 aromatic heterocycles. The van der Waals surface area contributed by atoms with Crippen LogP contribution in [0.15, 0.2) is 66.7 Å². The summed E-state index contributed by atoms with van der Waals surface area (Å²) in [5.74, 6) is -0.764. The van der Waals surface area contributed by atoms with Crippen LogP contribution in [-0.2, 0) is 27.2 Å². The highest BCUT2D eigenvalue weighted by atomic mass is 19.1. The van der Waals surface area contributed by atoms with Gasteiger partial charge in [0.1, 0.15) is 18.2 Å². The van der Waals surface area contributed by atoms with Crippen molar-refractivity contribution in [2.45, 2.75) is 65.1 Å². The van der Waals surface area contributed by atoms with E-state index in [1.807, 2.05) is 54.6 Å². The average Bonchev–Trinajstić information content (AvgIpc) is 3.28. The fourth-order valence-electron chi connectivity index (χ4n) is 6.88. The third-order valence-corrected chi connectivity index (χ3v) is 9.19. The molecule has 1 spiro atoms. The number of carboxylic acid groups (broad SMARTS) is 1. The highest BCUT2D eigenvalue weighted by Crippen LogP contribution is 2.65. The first-order valence-electron chi connectivity index (χ1n) is 13.9. The molecule has 1 aliphatic carbocycles. The maximum Gasteiger partial charge on any atom is 0.306 e. The van der Waals surface area contributed by atoms with E-state index in [1.165, 1.54) is 6.07 Å². The first-order valence-corrected chi connectivity index (χ1v) is 13.9. The van der Waals surface area contributed by atoms with Crippen molar-refractivity contribution >= 4 is 16.9 Å². The first kappa shape index (κ1) is 26.6. The summed E-state index contributed by atoms with van der Waals surface area (Å²) in [6.45, 7) is 10.9. The Hall–Kier alpha value is -3.64. The van der Waals surface area contributed by atoms with Crippen LogP contribution in [-0.4, -0.2) is 22.2 Å². The maximum absolute atomic E-state index is 14.4. The van der Waals surface area contributed by atoms with Gasteiger partial charge in [-0.25, -0.2) is 4.39 Å². The van der Waals surface area contributed by atoms with Gasteiger partial charge in [0.2, 0.25) is 0 Å². The van der Waals surface area contributed by atoms with Crippen LogP contribution >= 0.6 is 0 Å². The lowest BCUT2D eigenvalue weighted by molar-refractivity contribution is -0.208. The van der Waals surface area contributed by atoms with Crippen molar-refractivity contribution in [2.75, 3.05) is 6.61 Å². The van der Waals surface area contributed by atoms with Gasteiger partial charge in [0.05, 0.1) is 23.6 Å². The van der Waals surface area contributed by atoms with Crippen molar-refractivity contribution in [3.8, 4) is 11.4 Å². The van der Waals surface area contributed by atoms with Crippen molar-refractivity contribution in [3.05, 3.63) is 94.9 Å². The minimum Gasteiger partial charge on any atom is -0.488 e. The fourth-order valence-corrected chi connectivity index (χ4v) is 6.88. The van der Waals surface area contributed by atoms with Gasteiger partial charge in [-0.1, -0.05) is 64.1 Å². The predicted octanol–water partition coefficient (Wildman–Crippen LogP) is 7.68. The number of benzene rings is 3. The van der Waals surface area contributed by atoms with Gasteiger partial charge in [-0.15, -0.1) is 0 Å². The van der Waals surface area contributed by atoms with Crippen LogP contribution in [0.3, 0.4) is 0 Å². The molecule has 208 valence electrons. The molecule has 4 aromatic rings. The lowest BCUT2D eigenvalue weighted by Gasteiger charge is -2.59. The number of hydrogen-bond donors (Lipinski definition) is 1. The predicted molar refractivity (Wildman–Crippen MR) is 154 cm³/mol. The molecule has 1 N–H and O–H groups in total. The quantitative estimate of drug-likeness (QED) is 0.272. The lowest BCUT2D eigenvalue weighted by Crippen LogP contribution is -2.58. The van der Waals surface area contributed by atoms with Crippen LogP contribution in [0.4, 0.5) is 4.39 Å². The number of aryl methyl sites for hydroxylation is 1. The summed E-state index contributed by atoms with van der Waals surface area (Å²) >= 11 is 0. The van der Waals surface area contributed by atoms with Crippen molar-refractivity contribution in [1.29, 1.82) is 0 Å². The maximum atomic E-state index is 14.4. The molecule has 0 saturated heterocycles. The minimum absolute atomic E-state index is 0.238. The highest BCUT2D eigenvalue weighted by molar-refractivity contribution is 5.94. The van der Waals surface area contributed by atoms with E-state index in [4.69, 9.17) is 9.47 Å². The summed E-state index contributed by atoms with van der Waals surface area (Å²) < 4.78 is 29.9. The van der Waals surface area contributed by atoms with Crippen molar-refractivity contribution in [3.63, 3.8) is 0 Å². The molecule has 6 rings (SSSR count). The largest absolute Gasteiger partial charge is 0.488 e. The summed E-state index contributed by atoms with van der Waals surface area (Å²) in [7, 11) is 0. The SMILES string of the molecule is Cc1cc(-n2c3c(c4c(OCc5ccccc5)cccc42)C2(CC(C)(C(C)C(=O)O)C2)OCC3(C)C)ccc1F. The molecule has 2 aliphatic rings. The summed E-state index contributed by atoms with van der Waals surface area (Å²) in [5.41, 5.74) is 4.30. The zero-order valence-electron chi connectivity index (χ0n) is 23.8. The third-order valence-electron chi connectivity index (χ3n) is 9.19. The van der Waals surface area contributed by atoms with Gasteiger partial charge < -0.3 is 19.1 Å². The Morgan fingerprint density at radius 2 is 1.80 bits per heavy atom. The summed E-state index contributed by atoms with van der Waals surface area (Å²) in [5, 5.41) is 10.8. The molecule has 40 heavy (non-hydrogen) atoms. The van der Waals surface area contributed by atoms with Crippen LogP contribution in [0.2, 0.25) is 0 Å². The van der Waals surface area contributed by atoms with Gasteiger partial charge in [-0.2, -0.15) is 0 Å². The number of ether oxygens (including phenoxy) is 2. The first-order chi connectivity index (χ1) is 19.0. The van der Waals surface area contributed by atoms with Crippen LogP contribution < -0.4 is 4.74 Å². The molecule has 1 unspecified atom stereocenters. The Kier molecular flexibility index (Phi) is 6.11. The van der Waals surface area contributed by atoms with Crippen molar-refractivity contribution in [2.24, 2.45) is 11.3 Å². The Morgan fingerprint density at radius 1 is 1.07 bits per heavy atom. The topological polar surface area (TPSA) is 60.7 Å². The molecule has 1 fully saturated rings. The van der Waals surface area contributed by atoms with E-state index in [2.05, 4.69) is 31.4 Å². The van der Waals surface area contributed by atoms with Crippen LogP contribution in [0, 0.1) is 24.1 Å². The summed E-state index contributed by atoms with van der Waals surface area (Å²) in [6.07, 6.45) is 1.20. The highest BCUT2D eigenvalue weighted by Gasteiger charge is 2.62. The van der Waals surface area contributed by atoms with Gasteiger partial charge in [0, 0.05) is 27.7 Å². The van der Waals surface area contributed by atoms with Crippen LogP contribution in [0.5, 0.6) is 5.75 Å². The molecule has 0 radical (unpaired) electrons. The van der Waals surface area contributed by atoms with E-state index in [0.29, 0.717) is 31.6 Å². The van der Waals surface area contributed by atoms with Gasteiger partial charge in [-0.3, -0.25) is 4.79 Å². The molecule has 1 aliphatic heterocycles. The molecular formula is C34H36FNO4. The second kappa shape index (κ2) is 9.20. The number of halogens is 1. The van der Waals surface area contributed by atoms with E-state index in [0.717, 1.165) is 39.2 Å². The number of nitrogens with zero attached hydrogens (tertiary/aromatic N) is 1. The molecule has 5 nitrogen and oxygen atoms in total. The van der Waals surface area contributed by atoms with E-state index >= 15 is 0 Å². The zero-order chi connectivity index (χ0) is 28.4. The smallest absolute Gasteiger partial charge is 0.306 e. The molecule has 6 heteroatoms. The molecule has 0 bridgehead atoms. The van der Waals surface area contributed by atoms with E-state index in [1.54, 1.807) is 13.8 Å². The summed E-state index contributed by atoms with van der Waals surface area (Å²) in [6, 6.07) is 21.4. The van der Waals surface area contributed by atoms with Crippen molar-refractivity contribution < 1.29 is 23.8 Å². The van der Waals surface area contributed by atoms with Gasteiger partial charge in [-0.05, 0) is 66.6 Å². The number of carboxylic acids is 1. The number of hydrogen-bond acceptors (Lipinski definition) is 3. The van der Waals surface area contributed by atoms with Gasteiger partial charge in [0.15, 0.2) is 0 Å². The lowest BCUT2D eigenvalue weighted by atomic mass is 9.51. The Morgan fingerprint density at radius 3 is 2.48 bits per heavy atom. The van der Waals surface area contributed by atoms with Gasteiger partial charge in [0.25, 0.3) is 0 Å². The van der Waals surface area contributed by atoms with Crippen LogP contribution in [0.25, 0.3) is 16.6 Å². The third kappa shape index (κ3) is 4.03. The number of rotatable bonds is 6. The van der Waals surface area contributed by atoms with Crippen molar-refractivity contribution in [1.82, 2.24) is 4.57 Å². The normalized spacial score (nSPS) is 23.9. The van der Waals surface area contributed by atoms with E-state index in [9.17, 15) is 14.3 Å². The standard InChI is InChI=1S/C34H36FNO4/c1-21-16-24(14-15-25(21)35)36-26-12-9-13-27(39-17-23-10-7-6-8-11-23)28(26)29-30(36)32(3,4)20-40-34(29)18-33(5,19-34)22(2)31(37)38/h6-16,22H,17-20H2,1-5H3,(H,37,38). The minimum atomic E-state index is -0.787. The second-order valence-corrected chi connectivity index (χ2v) is 12.7. The summed E-state index contributed by atoms with van der Waals surface area (Å²) in [4.78, 5) is 12.0. The fraction of sp³-hybridized carbons (Fsp3) is 0.382. The molecule has 3 aromatic carbocycles. The average molecular weight is 542 g/mol. The molecular weight excluding hydrogens is 505 g/mol. The Balaban J connectivity index is 1.60. The number of aliphatic carboxylic acids is 1. The molecule has 2 heterocycles. The zero-order valence-corrected chi connectivity index (χ0v) is 23.8. The molecule has 1 saturated carbocycles. The molecule has 1 atom stereocenters. The number of aromatic nitrogens is 1. The monoisotopic (exact) mass is 541 g/mol. The van der Waals surface area contributed by atoms with Gasteiger partial charge >= 0.3 is 5.97 Å². The Labute approximate surface area is 234 Å².